The number of nitrogens with zero attached hydrogens (tertiary/aromatic N) is 1. The minimum atomic E-state index is -4.08. The van der Waals surface area contributed by atoms with Crippen LogP contribution in [0.1, 0.15) is 0 Å². The number of aromatic nitrogens is 1. The second-order valence-corrected chi connectivity index (χ2v) is 10.4. The molecule has 5 N–H and O–H groups in total. The summed E-state index contributed by atoms with van der Waals surface area (Å²) in [6.07, 6.45) is 0. The molecular weight excluding hydrogens is 523 g/mol. The van der Waals surface area contributed by atoms with Crippen molar-refractivity contribution in [1.29, 1.82) is 0 Å². The number of pyridine rings is 1. The normalized spacial score (nSPS) is 11.5. The van der Waals surface area contributed by atoms with Crippen molar-refractivity contribution in [3.05, 3.63) is 76.1 Å². The molecule has 0 unspecified atom stereocenters. The Labute approximate surface area is 205 Å². The maximum absolute atomic E-state index is 14.9. The molecule has 4 aromatic rings. The van der Waals surface area contributed by atoms with E-state index in [1.54, 1.807) is 12.1 Å². The summed E-state index contributed by atoms with van der Waals surface area (Å²) in [5, 5.41) is 15.1. The minimum absolute atomic E-state index is 0.0657. The Morgan fingerprint density at radius 1 is 1.17 bits per heavy atom. The Kier molecular flexibility index (Phi) is 7.06. The Morgan fingerprint density at radius 2 is 1.97 bits per heavy atom. The number of rotatable bonds is 7. The van der Waals surface area contributed by atoms with Crippen LogP contribution in [-0.4, -0.2) is 24.1 Å². The number of carbonyl (C=O) groups excluding carboxylic acids is 1. The fourth-order valence-electron chi connectivity index (χ4n) is 3.13. The molecule has 35 heavy (non-hydrogen) atoms. The van der Waals surface area contributed by atoms with Crippen LogP contribution in [0.15, 0.2) is 73.9 Å². The second kappa shape index (κ2) is 10.0. The van der Waals surface area contributed by atoms with E-state index >= 15 is 0 Å². The molecule has 15 heteroatoms. The fraction of sp³-hybridized carbons (Fsp3) is 0. The molecule has 0 saturated carbocycles. The molecule has 0 saturated heterocycles. The van der Waals surface area contributed by atoms with Gasteiger partial charge >= 0.3 is 6.03 Å². The van der Waals surface area contributed by atoms with Crippen molar-refractivity contribution in [3.63, 3.8) is 0 Å². The highest BCUT2D eigenvalue weighted by Gasteiger charge is 2.20. The number of carbonyl (C=O) groups is 1. The van der Waals surface area contributed by atoms with Crippen molar-refractivity contribution in [2.45, 2.75) is 9.10 Å². The Balaban J connectivity index is 1.62. The van der Waals surface area contributed by atoms with E-state index in [2.05, 4.69) is 14.6 Å². The lowest BCUT2D eigenvalue weighted by Crippen LogP contribution is -2.34. The SMILES string of the molecule is NOOSc1ccc2cc(=O)n(-c3ccc(NC(=O)NS(=O)(=O)c4cccs4)cc3F)c(O)c2c1. The van der Waals surface area contributed by atoms with Gasteiger partial charge < -0.3 is 10.4 Å². The van der Waals surface area contributed by atoms with Crippen LogP contribution in [0.2, 0.25) is 0 Å². The van der Waals surface area contributed by atoms with Crippen LogP contribution in [0.25, 0.3) is 16.5 Å². The molecule has 0 radical (unpaired) electrons. The summed E-state index contributed by atoms with van der Waals surface area (Å²) >= 11 is 1.68. The highest BCUT2D eigenvalue weighted by atomic mass is 32.2. The number of fused-ring (bicyclic) bond motifs is 1. The number of thiophene rings is 1. The lowest BCUT2D eigenvalue weighted by molar-refractivity contribution is -0.195. The monoisotopic (exact) mass is 538 g/mol. The Bertz CT molecular complexity index is 1570. The highest BCUT2D eigenvalue weighted by Crippen LogP contribution is 2.31. The molecule has 182 valence electrons. The molecule has 0 aliphatic carbocycles. The third-order valence-electron chi connectivity index (χ3n) is 4.58. The number of anilines is 1. The molecule has 0 spiro atoms. The zero-order chi connectivity index (χ0) is 25.2. The van der Waals surface area contributed by atoms with Crippen LogP contribution in [0.3, 0.4) is 0 Å². The zero-order valence-electron chi connectivity index (χ0n) is 17.3. The Hall–Kier alpha value is -3.47. The van der Waals surface area contributed by atoms with E-state index < -0.39 is 33.3 Å². The average molecular weight is 539 g/mol. The van der Waals surface area contributed by atoms with E-state index in [-0.39, 0.29) is 21.0 Å². The molecular formula is C20H15FN4O7S3. The van der Waals surface area contributed by atoms with Gasteiger partial charge in [0, 0.05) is 22.0 Å². The minimum Gasteiger partial charge on any atom is -0.494 e. The molecule has 2 heterocycles. The van der Waals surface area contributed by atoms with Gasteiger partial charge in [0.2, 0.25) is 5.88 Å². The van der Waals surface area contributed by atoms with Gasteiger partial charge in [-0.1, -0.05) is 12.1 Å². The first kappa shape index (κ1) is 24.6. The first-order valence-corrected chi connectivity index (χ1v) is 12.6. The molecule has 0 bridgehead atoms. The molecule has 2 amide bonds. The van der Waals surface area contributed by atoms with Crippen molar-refractivity contribution in [2.24, 2.45) is 5.90 Å². The number of hydrogen-bond acceptors (Lipinski definition) is 10. The topological polar surface area (TPSA) is 162 Å². The van der Waals surface area contributed by atoms with E-state index in [9.17, 15) is 27.5 Å². The fourth-order valence-corrected chi connectivity index (χ4v) is 5.44. The summed E-state index contributed by atoms with van der Waals surface area (Å²) in [5.41, 5.74) is -1.10. The molecule has 0 atom stereocenters. The van der Waals surface area contributed by atoms with Crippen molar-refractivity contribution < 1.29 is 32.0 Å². The number of hydrogen-bond donors (Lipinski definition) is 4. The van der Waals surface area contributed by atoms with Gasteiger partial charge in [0.25, 0.3) is 15.6 Å². The second-order valence-electron chi connectivity index (χ2n) is 6.80. The van der Waals surface area contributed by atoms with E-state index in [0.29, 0.717) is 10.3 Å². The van der Waals surface area contributed by atoms with Crippen molar-refractivity contribution >= 4 is 55.9 Å². The van der Waals surface area contributed by atoms with Gasteiger partial charge in [-0.25, -0.2) is 26.9 Å². The average Bonchev–Trinajstić information content (AvgIpc) is 3.35. The summed E-state index contributed by atoms with van der Waals surface area (Å²) in [6, 6.07) is 10.8. The van der Waals surface area contributed by atoms with Crippen molar-refractivity contribution in [3.8, 4) is 11.6 Å². The van der Waals surface area contributed by atoms with E-state index in [1.807, 2.05) is 4.72 Å². The van der Waals surface area contributed by atoms with Crippen molar-refractivity contribution in [2.75, 3.05) is 5.32 Å². The zero-order valence-corrected chi connectivity index (χ0v) is 19.7. The molecule has 11 nitrogen and oxygen atoms in total. The van der Waals surface area contributed by atoms with Gasteiger partial charge in [-0.15, -0.1) is 20.7 Å². The number of nitrogens with one attached hydrogen (secondary N) is 2. The summed E-state index contributed by atoms with van der Waals surface area (Å²) in [6.45, 7) is 0. The predicted molar refractivity (Wildman–Crippen MR) is 127 cm³/mol. The number of benzene rings is 2. The predicted octanol–water partition coefficient (Wildman–Crippen LogP) is 3.24. The largest absolute Gasteiger partial charge is 0.494 e. The number of amides is 2. The van der Waals surface area contributed by atoms with E-state index in [0.717, 1.165) is 40.1 Å². The number of aromatic hydroxyl groups is 1. The quantitative estimate of drug-likeness (QED) is 0.157. The summed E-state index contributed by atoms with van der Waals surface area (Å²) in [4.78, 5) is 29.2. The first-order chi connectivity index (χ1) is 16.7. The highest BCUT2D eigenvalue weighted by molar-refractivity contribution is 7.94. The van der Waals surface area contributed by atoms with Crippen molar-refractivity contribution in [1.82, 2.24) is 9.29 Å². The number of halogens is 1. The smallest absolute Gasteiger partial charge is 0.333 e. The van der Waals surface area contributed by atoms with Gasteiger partial charge in [-0.3, -0.25) is 4.79 Å². The van der Waals surface area contributed by atoms with E-state index in [1.165, 1.54) is 35.7 Å². The van der Waals surface area contributed by atoms with Gasteiger partial charge in [-0.2, -0.15) is 5.90 Å². The molecule has 4 rings (SSSR count). The first-order valence-electron chi connectivity index (χ1n) is 9.45. The summed E-state index contributed by atoms with van der Waals surface area (Å²) < 4.78 is 46.3. The van der Waals surface area contributed by atoms with Crippen LogP contribution in [0, 0.1) is 5.82 Å². The maximum atomic E-state index is 14.9. The lowest BCUT2D eigenvalue weighted by atomic mass is 10.1. The third kappa shape index (κ3) is 5.29. The number of nitrogens with two attached hydrogens (primary N) is 1. The van der Waals surface area contributed by atoms with Crippen LogP contribution < -0.4 is 21.5 Å². The standard InChI is InChI=1S/C20H15FN4O7S3/c21-15-9-12(23-20(28)24-35(29,30)18-2-1-7-33-18)4-6-16(15)25-17(26)8-11-3-5-13(34-32-31-22)10-14(11)19(25)27/h1-10,27H,22H2,(H2,23,24,28). The molecule has 0 aliphatic rings. The molecule has 2 aromatic carbocycles. The van der Waals surface area contributed by atoms with Gasteiger partial charge in [0.1, 0.15) is 10.0 Å². The summed E-state index contributed by atoms with van der Waals surface area (Å²) in [5.74, 6) is 3.31. The van der Waals surface area contributed by atoms with Gasteiger partial charge in [0.15, 0.2) is 0 Å². The van der Waals surface area contributed by atoms with Crippen LogP contribution in [0.5, 0.6) is 5.88 Å². The number of urea groups is 1. The third-order valence-corrected chi connectivity index (χ3v) is 7.90. The molecule has 0 fully saturated rings. The number of sulfonamides is 1. The van der Waals surface area contributed by atoms with Crippen LogP contribution >= 0.6 is 23.4 Å². The Morgan fingerprint density at radius 3 is 2.66 bits per heavy atom. The van der Waals surface area contributed by atoms with E-state index in [4.69, 9.17) is 5.90 Å². The van der Waals surface area contributed by atoms with Crippen LogP contribution in [0.4, 0.5) is 14.9 Å². The summed E-state index contributed by atoms with van der Waals surface area (Å²) in [7, 11) is -4.08. The van der Waals surface area contributed by atoms with Gasteiger partial charge in [0.05, 0.1) is 17.7 Å². The van der Waals surface area contributed by atoms with Crippen LogP contribution in [-0.2, 0) is 19.3 Å². The maximum Gasteiger partial charge on any atom is 0.333 e. The lowest BCUT2D eigenvalue weighted by Gasteiger charge is -2.14. The van der Waals surface area contributed by atoms with Gasteiger partial charge in [-0.05, 0) is 47.2 Å². The molecule has 2 aromatic heterocycles. The molecule has 0 aliphatic heterocycles.